The number of nitrogens with one attached hydrogen (secondary N) is 1. The van der Waals surface area contributed by atoms with Gasteiger partial charge in [-0.3, -0.25) is 0 Å². The Labute approximate surface area is 94.9 Å². The summed E-state index contributed by atoms with van der Waals surface area (Å²) in [4.78, 5) is 0. The monoisotopic (exact) mass is 225 g/mol. The van der Waals surface area contributed by atoms with Gasteiger partial charge in [0.25, 0.3) is 6.43 Å². The Balaban J connectivity index is 2.14. The first kappa shape index (κ1) is 11.5. The number of halogens is 2. The van der Waals surface area contributed by atoms with Crippen molar-refractivity contribution in [3.05, 3.63) is 34.9 Å². The van der Waals surface area contributed by atoms with Gasteiger partial charge in [0.05, 0.1) is 0 Å². The summed E-state index contributed by atoms with van der Waals surface area (Å²) in [5.41, 5.74) is 2.34. The minimum atomic E-state index is -2.36. The lowest BCUT2D eigenvalue weighted by molar-refractivity contribution is 0.151. The second kappa shape index (κ2) is 4.91. The van der Waals surface area contributed by atoms with Crippen molar-refractivity contribution in [1.29, 1.82) is 0 Å². The predicted octanol–water partition coefficient (Wildman–Crippen LogP) is 3.08. The highest BCUT2D eigenvalue weighted by atomic mass is 19.3. The molecule has 0 radical (unpaired) electrons. The van der Waals surface area contributed by atoms with Gasteiger partial charge in [-0.1, -0.05) is 12.1 Å². The molecule has 2 rings (SSSR count). The lowest BCUT2D eigenvalue weighted by Gasteiger charge is -2.12. The van der Waals surface area contributed by atoms with Gasteiger partial charge in [0, 0.05) is 5.56 Å². The van der Waals surface area contributed by atoms with Crippen molar-refractivity contribution in [2.24, 2.45) is 5.92 Å². The Morgan fingerprint density at radius 3 is 2.88 bits per heavy atom. The van der Waals surface area contributed by atoms with Crippen molar-refractivity contribution < 1.29 is 8.78 Å². The molecule has 1 fully saturated rings. The Kier molecular flexibility index (Phi) is 3.54. The number of hydrogen-bond donors (Lipinski definition) is 1. The molecule has 1 nitrogen and oxygen atoms in total. The molecule has 1 aromatic carbocycles. The van der Waals surface area contributed by atoms with Crippen molar-refractivity contribution in [1.82, 2.24) is 5.32 Å². The maximum atomic E-state index is 12.6. The highest BCUT2D eigenvalue weighted by Crippen LogP contribution is 2.24. The normalized spacial score (nSPS) is 20.6. The Bertz CT molecular complexity index is 357. The molecule has 1 saturated heterocycles. The third-order valence-corrected chi connectivity index (χ3v) is 3.30. The highest BCUT2D eigenvalue weighted by molar-refractivity contribution is 5.32. The van der Waals surface area contributed by atoms with Gasteiger partial charge < -0.3 is 5.32 Å². The first-order valence-corrected chi connectivity index (χ1v) is 5.75. The standard InChI is InChI=1S/C13H17F2N/c1-9-2-3-11(13(14)15)7-12(9)6-10-4-5-16-8-10/h2-3,7,10,13,16H,4-6,8H2,1H3. The van der Waals surface area contributed by atoms with E-state index in [9.17, 15) is 8.78 Å². The van der Waals surface area contributed by atoms with Crippen LogP contribution in [0.15, 0.2) is 18.2 Å². The first-order valence-electron chi connectivity index (χ1n) is 5.75. The zero-order chi connectivity index (χ0) is 11.5. The average molecular weight is 225 g/mol. The number of rotatable bonds is 3. The molecule has 88 valence electrons. The number of benzene rings is 1. The predicted molar refractivity (Wildman–Crippen MR) is 60.8 cm³/mol. The highest BCUT2D eigenvalue weighted by Gasteiger charge is 2.17. The van der Waals surface area contributed by atoms with E-state index in [4.69, 9.17) is 0 Å². The van der Waals surface area contributed by atoms with Gasteiger partial charge in [-0.05, 0) is 56.0 Å². The van der Waals surface area contributed by atoms with E-state index in [1.165, 1.54) is 6.07 Å². The summed E-state index contributed by atoms with van der Waals surface area (Å²) in [6, 6.07) is 4.99. The van der Waals surface area contributed by atoms with Crippen LogP contribution in [0.25, 0.3) is 0 Å². The van der Waals surface area contributed by atoms with Gasteiger partial charge >= 0.3 is 0 Å². The number of alkyl halides is 2. The third kappa shape index (κ3) is 2.59. The van der Waals surface area contributed by atoms with E-state index in [2.05, 4.69) is 5.32 Å². The molecule has 3 heteroatoms. The van der Waals surface area contributed by atoms with Crippen molar-refractivity contribution in [2.75, 3.05) is 13.1 Å². The van der Waals surface area contributed by atoms with Crippen LogP contribution < -0.4 is 5.32 Å². The molecule has 1 N–H and O–H groups in total. The molecule has 1 aliphatic rings. The molecule has 0 bridgehead atoms. The summed E-state index contributed by atoms with van der Waals surface area (Å²) in [5.74, 6) is 0.603. The molecule has 0 aromatic heterocycles. The van der Waals surface area contributed by atoms with Crippen LogP contribution in [0.2, 0.25) is 0 Å². The van der Waals surface area contributed by atoms with Crippen LogP contribution in [0.4, 0.5) is 8.78 Å². The van der Waals surface area contributed by atoms with Crippen LogP contribution >= 0.6 is 0 Å². The smallest absolute Gasteiger partial charge is 0.263 e. The van der Waals surface area contributed by atoms with E-state index in [-0.39, 0.29) is 5.56 Å². The van der Waals surface area contributed by atoms with Crippen molar-refractivity contribution >= 4 is 0 Å². The summed E-state index contributed by atoms with van der Waals surface area (Å²) < 4.78 is 25.2. The Hall–Kier alpha value is -0.960. The second-order valence-electron chi connectivity index (χ2n) is 4.55. The topological polar surface area (TPSA) is 12.0 Å². The molecule has 1 heterocycles. The summed E-state index contributed by atoms with van der Waals surface area (Å²) >= 11 is 0. The minimum absolute atomic E-state index is 0.145. The fraction of sp³-hybridized carbons (Fsp3) is 0.538. The van der Waals surface area contributed by atoms with Gasteiger partial charge in [-0.15, -0.1) is 0 Å². The Morgan fingerprint density at radius 2 is 2.25 bits per heavy atom. The fourth-order valence-corrected chi connectivity index (χ4v) is 2.25. The molecule has 0 saturated carbocycles. The number of aryl methyl sites for hydroxylation is 1. The van der Waals surface area contributed by atoms with Gasteiger partial charge in [-0.25, -0.2) is 8.78 Å². The fourth-order valence-electron chi connectivity index (χ4n) is 2.25. The van der Waals surface area contributed by atoms with Gasteiger partial charge in [0.2, 0.25) is 0 Å². The van der Waals surface area contributed by atoms with Crippen LogP contribution in [0.1, 0.15) is 29.5 Å². The summed E-state index contributed by atoms with van der Waals surface area (Å²) in [6.07, 6.45) is -0.293. The lowest BCUT2D eigenvalue weighted by atomic mass is 9.94. The quantitative estimate of drug-likeness (QED) is 0.833. The molecule has 0 amide bonds. The maximum Gasteiger partial charge on any atom is 0.263 e. The first-order chi connectivity index (χ1) is 7.66. The molecule has 0 spiro atoms. The lowest BCUT2D eigenvalue weighted by Crippen LogP contribution is -2.11. The zero-order valence-corrected chi connectivity index (χ0v) is 9.47. The van der Waals surface area contributed by atoms with E-state index >= 15 is 0 Å². The van der Waals surface area contributed by atoms with Crippen LogP contribution in [0, 0.1) is 12.8 Å². The van der Waals surface area contributed by atoms with Gasteiger partial charge in [-0.2, -0.15) is 0 Å². The van der Waals surface area contributed by atoms with E-state index in [0.717, 1.165) is 37.1 Å². The largest absolute Gasteiger partial charge is 0.316 e. The van der Waals surface area contributed by atoms with E-state index < -0.39 is 6.43 Å². The Morgan fingerprint density at radius 1 is 1.44 bits per heavy atom. The molecular weight excluding hydrogens is 208 g/mol. The summed E-state index contributed by atoms with van der Waals surface area (Å²) in [7, 11) is 0. The molecule has 0 aliphatic carbocycles. The van der Waals surface area contributed by atoms with Crippen LogP contribution in [-0.2, 0) is 6.42 Å². The van der Waals surface area contributed by atoms with Gasteiger partial charge in [0.15, 0.2) is 0 Å². The summed E-state index contributed by atoms with van der Waals surface area (Å²) in [6.45, 7) is 4.06. The summed E-state index contributed by atoms with van der Waals surface area (Å²) in [5, 5.41) is 3.30. The zero-order valence-electron chi connectivity index (χ0n) is 9.47. The average Bonchev–Trinajstić information content (AvgIpc) is 2.73. The molecule has 1 atom stereocenters. The van der Waals surface area contributed by atoms with E-state index in [1.54, 1.807) is 12.1 Å². The number of hydrogen-bond acceptors (Lipinski definition) is 1. The van der Waals surface area contributed by atoms with Crippen molar-refractivity contribution in [3.8, 4) is 0 Å². The van der Waals surface area contributed by atoms with Crippen LogP contribution in [-0.4, -0.2) is 13.1 Å². The molecule has 1 aliphatic heterocycles. The van der Waals surface area contributed by atoms with Gasteiger partial charge in [0.1, 0.15) is 0 Å². The molecular formula is C13H17F2N. The van der Waals surface area contributed by atoms with Crippen LogP contribution in [0.5, 0.6) is 0 Å². The minimum Gasteiger partial charge on any atom is -0.316 e. The molecule has 16 heavy (non-hydrogen) atoms. The molecule has 1 unspecified atom stereocenters. The third-order valence-electron chi connectivity index (χ3n) is 3.30. The van der Waals surface area contributed by atoms with E-state index in [1.807, 2.05) is 6.92 Å². The van der Waals surface area contributed by atoms with Crippen LogP contribution in [0.3, 0.4) is 0 Å². The van der Waals surface area contributed by atoms with Crippen molar-refractivity contribution in [2.45, 2.75) is 26.2 Å². The SMILES string of the molecule is Cc1ccc(C(F)F)cc1CC1CCNC1. The molecule has 1 aromatic rings. The maximum absolute atomic E-state index is 12.6. The van der Waals surface area contributed by atoms with E-state index in [0.29, 0.717) is 5.92 Å². The van der Waals surface area contributed by atoms with Crippen molar-refractivity contribution in [3.63, 3.8) is 0 Å². The second-order valence-corrected chi connectivity index (χ2v) is 4.55.